The number of rotatable bonds is 5. The monoisotopic (exact) mass is 285 g/mol. The second-order valence-electron chi connectivity index (χ2n) is 3.45. The van der Waals surface area contributed by atoms with Crippen LogP contribution in [0.4, 0.5) is 11.4 Å². The molecule has 1 aromatic rings. The highest BCUT2D eigenvalue weighted by Gasteiger charge is 2.13. The topological polar surface area (TPSA) is 93.8 Å². The lowest BCUT2D eigenvalue weighted by atomic mass is 10.3. The van der Waals surface area contributed by atoms with Crippen LogP contribution in [0.3, 0.4) is 0 Å². The summed E-state index contributed by atoms with van der Waals surface area (Å²) in [5.74, 6) is -0.557. The summed E-state index contributed by atoms with van der Waals surface area (Å²) < 4.78 is 4.73. The third-order valence-corrected chi connectivity index (χ3v) is 2.39. The summed E-state index contributed by atoms with van der Waals surface area (Å²) in [6, 6.07) is 4.11. The Balaban J connectivity index is 2.83. The molecule has 0 aliphatic carbocycles. The maximum Gasteiger partial charge on any atom is 0.354 e. The van der Waals surface area contributed by atoms with Crippen LogP contribution in [-0.2, 0) is 9.53 Å². The van der Waals surface area contributed by atoms with Gasteiger partial charge in [-0.15, -0.1) is 0 Å². The number of hydrogen-bond acceptors (Lipinski definition) is 6. The van der Waals surface area contributed by atoms with Gasteiger partial charge in [0, 0.05) is 6.07 Å². The fourth-order valence-corrected chi connectivity index (χ4v) is 1.34. The number of esters is 1. The van der Waals surface area contributed by atoms with E-state index < -0.39 is 10.9 Å². The lowest BCUT2D eigenvalue weighted by molar-refractivity contribution is -0.384. The molecule has 0 saturated carbocycles. The summed E-state index contributed by atoms with van der Waals surface area (Å²) in [5.41, 5.74) is 2.75. The molecule has 0 bridgehead atoms. The van der Waals surface area contributed by atoms with Gasteiger partial charge in [-0.3, -0.25) is 15.5 Å². The molecule has 0 atom stereocenters. The molecular weight excluding hydrogens is 274 g/mol. The highest BCUT2D eigenvalue weighted by atomic mass is 35.5. The Kier molecular flexibility index (Phi) is 5.25. The Morgan fingerprint density at radius 1 is 1.58 bits per heavy atom. The standard InChI is InChI=1S/C11H12ClN3O4/c1-3-19-11(16)7(2)13-14-8-4-5-9(12)10(6-8)15(17)18/h4-6,14H,3H2,1-2H3. The first-order valence-electron chi connectivity index (χ1n) is 5.37. The fraction of sp³-hybridized carbons (Fsp3) is 0.273. The van der Waals surface area contributed by atoms with E-state index in [0.29, 0.717) is 5.69 Å². The van der Waals surface area contributed by atoms with Gasteiger partial charge in [-0.1, -0.05) is 11.6 Å². The quantitative estimate of drug-likeness (QED) is 0.388. The Morgan fingerprint density at radius 3 is 2.84 bits per heavy atom. The molecule has 0 unspecified atom stereocenters. The molecule has 0 spiro atoms. The van der Waals surface area contributed by atoms with E-state index in [-0.39, 0.29) is 23.0 Å². The van der Waals surface area contributed by atoms with Crippen molar-refractivity contribution in [3.63, 3.8) is 0 Å². The number of nitrogens with zero attached hydrogens (tertiary/aromatic N) is 2. The van der Waals surface area contributed by atoms with Crippen molar-refractivity contribution in [2.75, 3.05) is 12.0 Å². The van der Waals surface area contributed by atoms with E-state index in [1.54, 1.807) is 6.92 Å². The summed E-state index contributed by atoms with van der Waals surface area (Å²) in [6.45, 7) is 3.40. The number of nitro benzene ring substituents is 1. The summed E-state index contributed by atoms with van der Waals surface area (Å²) in [5, 5.41) is 14.5. The highest BCUT2D eigenvalue weighted by molar-refractivity contribution is 6.35. The van der Waals surface area contributed by atoms with Crippen LogP contribution >= 0.6 is 11.6 Å². The summed E-state index contributed by atoms with van der Waals surface area (Å²) >= 11 is 5.67. The SMILES string of the molecule is CCOC(=O)C(C)=NNc1ccc(Cl)c([N+](=O)[O-])c1. The molecule has 1 aromatic carbocycles. The molecule has 0 fully saturated rings. The zero-order chi connectivity index (χ0) is 14.4. The number of halogens is 1. The number of benzene rings is 1. The largest absolute Gasteiger partial charge is 0.461 e. The number of carbonyl (C=O) groups excluding carboxylic acids is 1. The van der Waals surface area contributed by atoms with Crippen molar-refractivity contribution in [2.45, 2.75) is 13.8 Å². The number of hydrazone groups is 1. The third-order valence-electron chi connectivity index (χ3n) is 2.07. The summed E-state index contributed by atoms with van der Waals surface area (Å²) in [6.07, 6.45) is 0. The number of anilines is 1. The number of nitrogens with one attached hydrogen (secondary N) is 1. The summed E-state index contributed by atoms with van der Waals surface area (Å²) in [4.78, 5) is 21.4. The lowest BCUT2D eigenvalue weighted by Crippen LogP contribution is -2.15. The summed E-state index contributed by atoms with van der Waals surface area (Å²) in [7, 11) is 0. The van der Waals surface area contributed by atoms with Gasteiger partial charge >= 0.3 is 5.97 Å². The normalized spacial score (nSPS) is 11.0. The lowest BCUT2D eigenvalue weighted by Gasteiger charge is -2.03. The van der Waals surface area contributed by atoms with Crippen molar-refractivity contribution < 1.29 is 14.5 Å². The molecule has 7 nitrogen and oxygen atoms in total. The molecule has 0 aromatic heterocycles. The molecular formula is C11H12ClN3O4. The fourth-order valence-electron chi connectivity index (χ4n) is 1.15. The molecule has 1 N–H and O–H groups in total. The van der Waals surface area contributed by atoms with Crippen LogP contribution < -0.4 is 5.43 Å². The van der Waals surface area contributed by atoms with E-state index in [2.05, 4.69) is 10.5 Å². The van der Waals surface area contributed by atoms with Gasteiger partial charge in [0.25, 0.3) is 5.69 Å². The number of hydrogen-bond donors (Lipinski definition) is 1. The van der Waals surface area contributed by atoms with E-state index >= 15 is 0 Å². The van der Waals surface area contributed by atoms with Gasteiger partial charge in [0.05, 0.1) is 17.2 Å². The van der Waals surface area contributed by atoms with Crippen LogP contribution in [0, 0.1) is 10.1 Å². The van der Waals surface area contributed by atoms with Crippen LogP contribution in [0.5, 0.6) is 0 Å². The highest BCUT2D eigenvalue weighted by Crippen LogP contribution is 2.27. The molecule has 0 heterocycles. The van der Waals surface area contributed by atoms with Gasteiger partial charge in [0.15, 0.2) is 0 Å². The number of carbonyl (C=O) groups is 1. The van der Waals surface area contributed by atoms with Gasteiger partial charge in [-0.25, -0.2) is 4.79 Å². The van der Waals surface area contributed by atoms with Gasteiger partial charge in [-0.05, 0) is 26.0 Å². The van der Waals surface area contributed by atoms with E-state index in [1.165, 1.54) is 25.1 Å². The molecule has 1 rings (SSSR count). The van der Waals surface area contributed by atoms with E-state index in [1.807, 2.05) is 0 Å². The molecule has 0 saturated heterocycles. The molecule has 0 amide bonds. The van der Waals surface area contributed by atoms with Gasteiger partial charge < -0.3 is 4.74 Å². The van der Waals surface area contributed by atoms with Crippen molar-refractivity contribution in [3.05, 3.63) is 33.3 Å². The van der Waals surface area contributed by atoms with E-state index in [4.69, 9.17) is 16.3 Å². The van der Waals surface area contributed by atoms with Crippen molar-refractivity contribution in [1.29, 1.82) is 0 Å². The van der Waals surface area contributed by atoms with Crippen LogP contribution in [0.2, 0.25) is 5.02 Å². The van der Waals surface area contributed by atoms with E-state index in [9.17, 15) is 14.9 Å². The van der Waals surface area contributed by atoms with Gasteiger partial charge in [-0.2, -0.15) is 5.10 Å². The van der Waals surface area contributed by atoms with Crippen molar-refractivity contribution in [2.24, 2.45) is 5.10 Å². The van der Waals surface area contributed by atoms with Crippen LogP contribution in [0.25, 0.3) is 0 Å². The number of ether oxygens (including phenoxy) is 1. The first-order chi connectivity index (χ1) is 8.95. The Morgan fingerprint density at radius 2 is 2.26 bits per heavy atom. The third kappa shape index (κ3) is 4.22. The predicted octanol–water partition coefficient (Wildman–Crippen LogP) is 2.60. The van der Waals surface area contributed by atoms with Gasteiger partial charge in [0.1, 0.15) is 10.7 Å². The smallest absolute Gasteiger partial charge is 0.354 e. The minimum atomic E-state index is -0.602. The zero-order valence-corrected chi connectivity index (χ0v) is 11.1. The average Bonchev–Trinajstić information content (AvgIpc) is 2.37. The second kappa shape index (κ2) is 6.69. The first-order valence-corrected chi connectivity index (χ1v) is 5.74. The van der Waals surface area contributed by atoms with Crippen LogP contribution in [0.1, 0.15) is 13.8 Å². The number of nitro groups is 1. The molecule has 0 aliphatic rings. The molecule has 19 heavy (non-hydrogen) atoms. The molecule has 8 heteroatoms. The minimum absolute atomic E-state index is 0.0293. The van der Waals surface area contributed by atoms with Crippen LogP contribution in [-0.4, -0.2) is 23.2 Å². The van der Waals surface area contributed by atoms with Crippen molar-refractivity contribution in [1.82, 2.24) is 0 Å². The van der Waals surface area contributed by atoms with Gasteiger partial charge in [0.2, 0.25) is 0 Å². The van der Waals surface area contributed by atoms with E-state index in [0.717, 1.165) is 0 Å². The predicted molar refractivity (Wildman–Crippen MR) is 71.5 cm³/mol. The van der Waals surface area contributed by atoms with Crippen LogP contribution in [0.15, 0.2) is 23.3 Å². The van der Waals surface area contributed by atoms with Crippen molar-refractivity contribution >= 4 is 34.7 Å². The maximum absolute atomic E-state index is 11.3. The molecule has 0 aliphatic heterocycles. The maximum atomic E-state index is 11.3. The Labute approximate surface area is 114 Å². The molecule has 102 valence electrons. The first kappa shape index (κ1) is 14.9. The Hall–Kier alpha value is -2.15. The molecule has 0 radical (unpaired) electrons. The zero-order valence-electron chi connectivity index (χ0n) is 10.3. The average molecular weight is 286 g/mol. The van der Waals surface area contributed by atoms with Crippen molar-refractivity contribution in [3.8, 4) is 0 Å². The second-order valence-corrected chi connectivity index (χ2v) is 3.86. The minimum Gasteiger partial charge on any atom is -0.461 e. The Bertz CT molecular complexity index is 531.